The van der Waals surface area contributed by atoms with Gasteiger partial charge in [0, 0.05) is 23.4 Å². The number of hydrogen-bond donors (Lipinski definition) is 1. The first-order valence-corrected chi connectivity index (χ1v) is 8.44. The second-order valence-electron chi connectivity index (χ2n) is 6.87. The van der Waals surface area contributed by atoms with Crippen molar-refractivity contribution in [3.8, 4) is 11.9 Å². The SMILES string of the molecule is Cc1nc(OCC(=O)Nc2ccccc2)c(C#N)c2c1COC(C)(C)C2. The van der Waals surface area contributed by atoms with Crippen molar-refractivity contribution in [2.45, 2.75) is 39.4 Å². The largest absolute Gasteiger partial charge is 0.467 e. The monoisotopic (exact) mass is 351 g/mol. The highest BCUT2D eigenvalue weighted by Gasteiger charge is 2.31. The molecule has 3 rings (SSSR count). The fourth-order valence-corrected chi connectivity index (χ4v) is 2.98. The van der Waals surface area contributed by atoms with Crippen LogP contribution in [0.3, 0.4) is 0 Å². The predicted molar refractivity (Wildman–Crippen MR) is 96.8 cm³/mol. The molecule has 0 saturated heterocycles. The lowest BCUT2D eigenvalue weighted by atomic mass is 9.88. The van der Waals surface area contributed by atoms with E-state index in [1.54, 1.807) is 12.1 Å². The van der Waals surface area contributed by atoms with E-state index in [4.69, 9.17) is 9.47 Å². The zero-order valence-corrected chi connectivity index (χ0v) is 15.1. The van der Waals surface area contributed by atoms with E-state index < -0.39 is 0 Å². The summed E-state index contributed by atoms with van der Waals surface area (Å²) < 4.78 is 11.4. The maximum Gasteiger partial charge on any atom is 0.262 e. The summed E-state index contributed by atoms with van der Waals surface area (Å²) >= 11 is 0. The molecule has 1 aromatic carbocycles. The van der Waals surface area contributed by atoms with Gasteiger partial charge < -0.3 is 14.8 Å². The Hall–Kier alpha value is -2.91. The van der Waals surface area contributed by atoms with E-state index in [2.05, 4.69) is 16.4 Å². The van der Waals surface area contributed by atoms with Gasteiger partial charge in [-0.2, -0.15) is 5.26 Å². The Kier molecular flexibility index (Phi) is 4.92. The Morgan fingerprint density at radius 3 is 2.77 bits per heavy atom. The molecule has 1 aliphatic rings. The third-order valence-corrected chi connectivity index (χ3v) is 4.30. The molecular formula is C20H21N3O3. The molecule has 0 radical (unpaired) electrons. The third-order valence-electron chi connectivity index (χ3n) is 4.30. The van der Waals surface area contributed by atoms with E-state index in [1.165, 1.54) is 0 Å². The molecule has 0 saturated carbocycles. The van der Waals surface area contributed by atoms with Crippen molar-refractivity contribution < 1.29 is 14.3 Å². The minimum Gasteiger partial charge on any atom is -0.467 e. The van der Waals surface area contributed by atoms with E-state index in [0.717, 1.165) is 16.8 Å². The number of pyridine rings is 1. The molecule has 0 fully saturated rings. The molecule has 0 bridgehead atoms. The Morgan fingerprint density at radius 1 is 1.35 bits per heavy atom. The predicted octanol–water partition coefficient (Wildman–Crippen LogP) is 3.13. The number of carbonyl (C=O) groups excluding carboxylic acids is 1. The third kappa shape index (κ3) is 3.84. The molecule has 6 nitrogen and oxygen atoms in total. The molecule has 2 aromatic rings. The van der Waals surface area contributed by atoms with E-state index in [0.29, 0.717) is 24.3 Å². The summed E-state index contributed by atoms with van der Waals surface area (Å²) in [5.74, 6) is -0.106. The smallest absolute Gasteiger partial charge is 0.262 e. The molecular weight excluding hydrogens is 330 g/mol. The Morgan fingerprint density at radius 2 is 2.08 bits per heavy atom. The van der Waals surface area contributed by atoms with Gasteiger partial charge in [0.15, 0.2) is 6.61 Å². The number of amides is 1. The number of rotatable bonds is 4. The number of para-hydroxylation sites is 1. The van der Waals surface area contributed by atoms with E-state index in [1.807, 2.05) is 39.0 Å². The summed E-state index contributed by atoms with van der Waals surface area (Å²) in [6.45, 7) is 6.04. The minimum atomic E-state index is -0.353. The molecule has 6 heteroatoms. The van der Waals surface area contributed by atoms with Gasteiger partial charge >= 0.3 is 0 Å². The van der Waals surface area contributed by atoms with Crippen LogP contribution in [-0.4, -0.2) is 23.1 Å². The molecule has 1 aromatic heterocycles. The maximum absolute atomic E-state index is 12.1. The second kappa shape index (κ2) is 7.14. The van der Waals surface area contributed by atoms with Gasteiger partial charge in [-0.25, -0.2) is 4.98 Å². The topological polar surface area (TPSA) is 84.2 Å². The summed E-state index contributed by atoms with van der Waals surface area (Å²) in [6.07, 6.45) is 0.598. The van der Waals surface area contributed by atoms with E-state index in [-0.39, 0.29) is 24.0 Å². The number of benzene rings is 1. The van der Waals surface area contributed by atoms with Crippen molar-refractivity contribution in [1.29, 1.82) is 5.26 Å². The zero-order chi connectivity index (χ0) is 18.7. The van der Waals surface area contributed by atoms with Gasteiger partial charge in [-0.05, 0) is 38.5 Å². The van der Waals surface area contributed by atoms with Crippen LogP contribution in [0.1, 0.15) is 36.2 Å². The van der Waals surface area contributed by atoms with E-state index >= 15 is 0 Å². The number of ether oxygens (including phenoxy) is 2. The highest BCUT2D eigenvalue weighted by atomic mass is 16.5. The number of nitriles is 1. The highest BCUT2D eigenvalue weighted by molar-refractivity contribution is 5.91. The molecule has 1 amide bonds. The van der Waals surface area contributed by atoms with Crippen molar-refractivity contribution in [1.82, 2.24) is 4.98 Å². The summed E-state index contributed by atoms with van der Waals surface area (Å²) in [4.78, 5) is 16.5. The van der Waals surface area contributed by atoms with Gasteiger partial charge in [-0.3, -0.25) is 4.79 Å². The number of nitrogens with zero attached hydrogens (tertiary/aromatic N) is 2. The molecule has 0 aliphatic carbocycles. The quantitative estimate of drug-likeness (QED) is 0.915. The lowest BCUT2D eigenvalue weighted by molar-refractivity contribution is -0.118. The molecule has 1 aliphatic heterocycles. The number of aryl methyl sites for hydroxylation is 1. The fraction of sp³-hybridized carbons (Fsp3) is 0.350. The minimum absolute atomic E-state index is 0.199. The molecule has 0 unspecified atom stereocenters. The fourth-order valence-electron chi connectivity index (χ4n) is 2.98. The van der Waals surface area contributed by atoms with Crippen LogP contribution in [0.5, 0.6) is 5.88 Å². The molecule has 1 N–H and O–H groups in total. The van der Waals surface area contributed by atoms with Gasteiger partial charge in [-0.1, -0.05) is 18.2 Å². The van der Waals surface area contributed by atoms with Crippen LogP contribution in [0, 0.1) is 18.3 Å². The summed E-state index contributed by atoms with van der Waals surface area (Å²) in [7, 11) is 0. The van der Waals surface area contributed by atoms with Gasteiger partial charge in [0.2, 0.25) is 5.88 Å². The average Bonchev–Trinajstić information content (AvgIpc) is 2.60. The van der Waals surface area contributed by atoms with Crippen LogP contribution in [0.25, 0.3) is 0 Å². The summed E-state index contributed by atoms with van der Waals surface area (Å²) in [5.41, 5.74) is 3.31. The molecule has 134 valence electrons. The first-order valence-electron chi connectivity index (χ1n) is 8.44. The number of nitrogens with one attached hydrogen (secondary N) is 1. The number of carbonyl (C=O) groups is 1. The standard InChI is InChI=1S/C20H21N3O3/c1-13-17-11-26-20(2,3)9-15(17)16(10-21)19(22-13)25-12-18(24)23-14-7-5-4-6-8-14/h4-8H,9,11-12H2,1-3H3,(H,23,24). The first kappa shape index (κ1) is 17.9. The van der Waals surface area contributed by atoms with E-state index in [9.17, 15) is 10.1 Å². The zero-order valence-electron chi connectivity index (χ0n) is 15.1. The number of fused-ring (bicyclic) bond motifs is 1. The Balaban J connectivity index is 1.79. The van der Waals surface area contributed by atoms with Crippen LogP contribution >= 0.6 is 0 Å². The highest BCUT2D eigenvalue weighted by Crippen LogP contribution is 2.34. The van der Waals surface area contributed by atoms with Crippen molar-refractivity contribution in [3.63, 3.8) is 0 Å². The van der Waals surface area contributed by atoms with Crippen molar-refractivity contribution in [3.05, 3.63) is 52.7 Å². The van der Waals surface area contributed by atoms with Gasteiger partial charge in [-0.15, -0.1) is 0 Å². The second-order valence-corrected chi connectivity index (χ2v) is 6.87. The first-order chi connectivity index (χ1) is 12.4. The van der Waals surface area contributed by atoms with Gasteiger partial charge in [0.1, 0.15) is 11.6 Å². The molecule has 0 spiro atoms. The van der Waals surface area contributed by atoms with Crippen LogP contribution < -0.4 is 10.1 Å². The van der Waals surface area contributed by atoms with Crippen molar-refractivity contribution in [2.24, 2.45) is 0 Å². The Bertz CT molecular complexity index is 870. The van der Waals surface area contributed by atoms with Crippen LogP contribution in [0.4, 0.5) is 5.69 Å². The summed E-state index contributed by atoms with van der Waals surface area (Å²) in [6, 6.07) is 11.3. The van der Waals surface area contributed by atoms with Gasteiger partial charge in [0.05, 0.1) is 12.2 Å². The van der Waals surface area contributed by atoms with Crippen molar-refractivity contribution >= 4 is 11.6 Å². The lowest BCUT2D eigenvalue weighted by Gasteiger charge is -2.33. The van der Waals surface area contributed by atoms with Gasteiger partial charge in [0.25, 0.3) is 5.91 Å². The number of anilines is 1. The van der Waals surface area contributed by atoms with Crippen molar-refractivity contribution in [2.75, 3.05) is 11.9 Å². The summed E-state index contributed by atoms with van der Waals surface area (Å²) in [5, 5.41) is 12.4. The number of hydrogen-bond acceptors (Lipinski definition) is 5. The average molecular weight is 351 g/mol. The maximum atomic E-state index is 12.1. The van der Waals surface area contributed by atoms with Crippen LogP contribution in [-0.2, 0) is 22.6 Å². The van der Waals surface area contributed by atoms with Crippen LogP contribution in [0.2, 0.25) is 0 Å². The van der Waals surface area contributed by atoms with Crippen LogP contribution in [0.15, 0.2) is 30.3 Å². The number of aromatic nitrogens is 1. The molecule has 2 heterocycles. The molecule has 26 heavy (non-hydrogen) atoms. The lowest BCUT2D eigenvalue weighted by Crippen LogP contribution is -2.33. The normalized spacial score (nSPS) is 14.8. The molecule has 0 atom stereocenters. The Labute approximate surface area is 152 Å².